The van der Waals surface area contributed by atoms with Crippen LogP contribution in [0.2, 0.25) is 0 Å². The molecule has 0 saturated heterocycles. The molecule has 0 heterocycles. The first kappa shape index (κ1) is 26.0. The highest BCUT2D eigenvalue weighted by molar-refractivity contribution is 6.04. The molecule has 41 heavy (non-hydrogen) atoms. The lowest BCUT2D eigenvalue weighted by Crippen LogP contribution is -2.36. The third-order valence-corrected chi connectivity index (χ3v) is 9.22. The van der Waals surface area contributed by atoms with Gasteiger partial charge in [-0.2, -0.15) is 0 Å². The molecule has 4 aliphatic rings. The van der Waals surface area contributed by atoms with Crippen LogP contribution < -0.4 is 20.9 Å². The van der Waals surface area contributed by atoms with Gasteiger partial charge in [0.15, 0.2) is 0 Å². The van der Waals surface area contributed by atoms with Gasteiger partial charge >= 0.3 is 0 Å². The number of rotatable bonds is 6. The smallest absolute Gasteiger partial charge is 0.00528 e. The Labute approximate surface area is 244 Å². The fraction of sp³-hybridized carbons (Fsp3) is 0.268. The van der Waals surface area contributed by atoms with E-state index >= 15 is 0 Å². The Morgan fingerprint density at radius 3 is 2.32 bits per heavy atom. The predicted octanol–water partition coefficient (Wildman–Crippen LogP) is 8.03. The molecule has 0 amide bonds. The van der Waals surface area contributed by atoms with Crippen molar-refractivity contribution in [3.63, 3.8) is 0 Å². The lowest BCUT2D eigenvalue weighted by molar-refractivity contribution is 0.738. The van der Waals surface area contributed by atoms with Gasteiger partial charge in [-0.1, -0.05) is 129 Å². The molecule has 3 aromatic carbocycles. The molecule has 0 aliphatic heterocycles. The Bertz CT molecular complexity index is 1900. The molecule has 0 radical (unpaired) electrons. The van der Waals surface area contributed by atoms with Gasteiger partial charge in [-0.3, -0.25) is 0 Å². The zero-order valence-electron chi connectivity index (χ0n) is 24.3. The maximum absolute atomic E-state index is 2.55. The van der Waals surface area contributed by atoms with Gasteiger partial charge in [0.05, 0.1) is 0 Å². The Morgan fingerprint density at radius 2 is 1.54 bits per heavy atom. The van der Waals surface area contributed by atoms with Gasteiger partial charge in [-0.15, -0.1) is 0 Å². The molecule has 0 nitrogen and oxygen atoms in total. The second-order valence-corrected chi connectivity index (χ2v) is 12.0. The number of fused-ring (bicyclic) bond motifs is 3. The van der Waals surface area contributed by atoms with Crippen LogP contribution >= 0.6 is 0 Å². The van der Waals surface area contributed by atoms with Gasteiger partial charge in [0, 0.05) is 5.92 Å². The molecule has 4 aliphatic carbocycles. The summed E-state index contributed by atoms with van der Waals surface area (Å²) in [7, 11) is 0. The maximum atomic E-state index is 2.55. The summed E-state index contributed by atoms with van der Waals surface area (Å²) < 4.78 is 0. The van der Waals surface area contributed by atoms with Crippen molar-refractivity contribution in [2.45, 2.75) is 58.3 Å². The van der Waals surface area contributed by atoms with Gasteiger partial charge in [0.25, 0.3) is 0 Å². The average Bonchev–Trinajstić information content (AvgIpc) is 3.04. The van der Waals surface area contributed by atoms with Crippen molar-refractivity contribution in [1.29, 1.82) is 0 Å². The minimum Gasteiger partial charge on any atom is -0.0879 e. The van der Waals surface area contributed by atoms with Crippen LogP contribution in [0.4, 0.5) is 0 Å². The number of allylic oxidation sites excluding steroid dienone is 10. The Hall–Kier alpha value is -3.90. The van der Waals surface area contributed by atoms with Crippen molar-refractivity contribution in [1.82, 2.24) is 0 Å². The Morgan fingerprint density at radius 1 is 0.780 bits per heavy atom. The first-order valence-corrected chi connectivity index (χ1v) is 15.8. The summed E-state index contributed by atoms with van der Waals surface area (Å²) in [6, 6.07) is 16.1. The van der Waals surface area contributed by atoms with Crippen LogP contribution in [0.1, 0.15) is 63.9 Å². The number of unbranched alkanes of at least 4 members (excludes halogenated alkanes) is 1. The molecule has 2 atom stereocenters. The Kier molecular flexibility index (Phi) is 7.32. The van der Waals surface area contributed by atoms with Crippen molar-refractivity contribution < 1.29 is 0 Å². The quantitative estimate of drug-likeness (QED) is 0.282. The molecule has 0 spiro atoms. The van der Waals surface area contributed by atoms with Gasteiger partial charge in [-0.25, -0.2) is 0 Å². The maximum Gasteiger partial charge on any atom is 0.00528 e. The van der Waals surface area contributed by atoms with E-state index in [1.807, 2.05) is 0 Å². The van der Waals surface area contributed by atoms with E-state index < -0.39 is 0 Å². The van der Waals surface area contributed by atoms with Gasteiger partial charge in [-0.05, 0) is 110 Å². The van der Waals surface area contributed by atoms with E-state index in [0.717, 1.165) is 44.9 Å². The van der Waals surface area contributed by atoms with Gasteiger partial charge in [0.1, 0.15) is 0 Å². The third kappa shape index (κ3) is 4.95. The summed E-state index contributed by atoms with van der Waals surface area (Å²) in [6.07, 6.45) is 38.0. The third-order valence-electron chi connectivity index (χ3n) is 9.22. The van der Waals surface area contributed by atoms with E-state index in [-0.39, 0.29) is 0 Å². The molecule has 204 valence electrons. The van der Waals surface area contributed by atoms with Crippen LogP contribution in [0.25, 0.3) is 51.8 Å². The first-order chi connectivity index (χ1) is 20.3. The van der Waals surface area contributed by atoms with Crippen molar-refractivity contribution in [2.75, 3.05) is 0 Å². The second kappa shape index (κ2) is 11.5. The molecular formula is C41H40. The highest BCUT2D eigenvalue weighted by Crippen LogP contribution is 2.38. The van der Waals surface area contributed by atoms with E-state index in [1.165, 1.54) is 65.9 Å². The number of benzene rings is 3. The summed E-state index contributed by atoms with van der Waals surface area (Å²) in [5, 5.41) is 8.47. The lowest BCUT2D eigenvalue weighted by Gasteiger charge is -2.26. The topological polar surface area (TPSA) is 0 Å². The molecule has 2 unspecified atom stereocenters. The molecule has 0 heteroatoms. The molecule has 0 aromatic heterocycles. The van der Waals surface area contributed by atoms with E-state index in [4.69, 9.17) is 0 Å². The molecular weight excluding hydrogens is 492 g/mol. The number of hydrogen-bond acceptors (Lipinski definition) is 0. The van der Waals surface area contributed by atoms with Crippen LogP contribution in [-0.4, -0.2) is 0 Å². The molecule has 0 saturated carbocycles. The highest BCUT2D eigenvalue weighted by Gasteiger charge is 2.23. The van der Waals surface area contributed by atoms with E-state index in [0.29, 0.717) is 11.8 Å². The van der Waals surface area contributed by atoms with Crippen molar-refractivity contribution >= 4 is 40.6 Å². The van der Waals surface area contributed by atoms with Gasteiger partial charge < -0.3 is 0 Å². The van der Waals surface area contributed by atoms with Crippen molar-refractivity contribution in [3.8, 4) is 11.1 Å². The average molecular weight is 533 g/mol. The van der Waals surface area contributed by atoms with E-state index in [9.17, 15) is 0 Å². The highest BCUT2D eigenvalue weighted by atomic mass is 14.3. The second-order valence-electron chi connectivity index (χ2n) is 12.0. The summed E-state index contributed by atoms with van der Waals surface area (Å²) in [5.41, 5.74) is 7.25. The van der Waals surface area contributed by atoms with Gasteiger partial charge in [0.2, 0.25) is 0 Å². The largest absolute Gasteiger partial charge is 0.0879 e. The van der Waals surface area contributed by atoms with E-state index in [2.05, 4.69) is 122 Å². The summed E-state index contributed by atoms with van der Waals surface area (Å²) >= 11 is 0. The van der Waals surface area contributed by atoms with Crippen LogP contribution in [0.15, 0.2) is 96.6 Å². The van der Waals surface area contributed by atoms with Crippen LogP contribution in [0, 0.1) is 11.8 Å². The fourth-order valence-electron chi connectivity index (χ4n) is 7.33. The van der Waals surface area contributed by atoms with Crippen LogP contribution in [-0.2, 0) is 0 Å². The Balaban J connectivity index is 1.49. The molecule has 0 bridgehead atoms. The fourth-order valence-corrected chi connectivity index (χ4v) is 7.33. The monoisotopic (exact) mass is 532 g/mol. The van der Waals surface area contributed by atoms with E-state index in [1.54, 1.807) is 0 Å². The number of hydrogen-bond donors (Lipinski definition) is 0. The van der Waals surface area contributed by atoms with Crippen molar-refractivity contribution in [3.05, 3.63) is 123 Å². The predicted molar refractivity (Wildman–Crippen MR) is 179 cm³/mol. The zero-order valence-corrected chi connectivity index (χ0v) is 24.3. The SMILES string of the molecule is CCCC=CC1C=C(C2C=CC=CC2)C=C(c2c3c(c(-c4cccc5c4=CCCC=5)c4ccccc24)=CCCC=3)C1. The summed E-state index contributed by atoms with van der Waals surface area (Å²) in [4.78, 5) is 0. The van der Waals surface area contributed by atoms with Crippen molar-refractivity contribution in [2.24, 2.45) is 11.8 Å². The standard InChI is InChI=1S/C41H40/c1-2-3-5-15-29-26-32(30-16-6-4-7-17-30)28-33(27-29)40-36-21-10-12-23-38(36)41(39-24-13-11-22-37(39)40)35-25-14-19-31-18-8-9-20-34(31)35/h4-7,10,12,14-16,18-26,28-30H,2-3,8-9,11,13,17,27H2,1H3. The van der Waals surface area contributed by atoms with Crippen LogP contribution in [0.5, 0.6) is 0 Å². The lowest BCUT2D eigenvalue weighted by atomic mass is 9.78. The minimum atomic E-state index is 0.434. The first-order valence-electron chi connectivity index (χ1n) is 15.8. The normalized spacial score (nSPS) is 21.2. The summed E-state index contributed by atoms with van der Waals surface area (Å²) in [5.74, 6) is 0.890. The zero-order chi connectivity index (χ0) is 27.6. The molecule has 3 aromatic rings. The molecule has 7 rings (SSSR count). The molecule has 0 fully saturated rings. The van der Waals surface area contributed by atoms with Crippen LogP contribution in [0.3, 0.4) is 0 Å². The molecule has 0 N–H and O–H groups in total. The summed E-state index contributed by atoms with van der Waals surface area (Å²) in [6.45, 7) is 2.27. The minimum absolute atomic E-state index is 0.434.